The number of aromatic hydroxyl groups is 1. The standard InChI is InChI=1S/C46H30N4O/c51-43-22-20-38-26-35(31-9-13-33(14-10-31)42-29-50-24-4-2-6-45(50)48-42)19-21-40(38)46(43)39-18-17-36-25-34(15-16-37(36)27-39)30-7-11-32(12-8-30)41-28-49-23-3-1-5-44(49)47-41/h1-29,51H. The van der Waals surface area contributed by atoms with Gasteiger partial charge in [0.05, 0.1) is 11.4 Å². The third kappa shape index (κ3) is 5.11. The van der Waals surface area contributed by atoms with Crippen molar-refractivity contribution in [1.82, 2.24) is 18.8 Å². The zero-order chi connectivity index (χ0) is 33.9. The van der Waals surface area contributed by atoms with Crippen LogP contribution < -0.4 is 0 Å². The Bertz CT molecular complexity index is 2850. The molecule has 0 fully saturated rings. The molecule has 5 heteroatoms. The normalized spacial score (nSPS) is 11.6. The van der Waals surface area contributed by atoms with E-state index in [0.717, 1.165) is 88.7 Å². The molecule has 240 valence electrons. The average molecular weight is 655 g/mol. The van der Waals surface area contributed by atoms with Crippen molar-refractivity contribution in [1.29, 1.82) is 0 Å². The van der Waals surface area contributed by atoms with E-state index >= 15 is 0 Å². The fourth-order valence-electron chi connectivity index (χ4n) is 7.20. The Morgan fingerprint density at radius 1 is 0.392 bits per heavy atom. The van der Waals surface area contributed by atoms with Gasteiger partial charge in [-0.15, -0.1) is 0 Å². The van der Waals surface area contributed by atoms with Gasteiger partial charge >= 0.3 is 0 Å². The van der Waals surface area contributed by atoms with E-state index in [2.05, 4.69) is 116 Å². The minimum atomic E-state index is 0.272. The first-order chi connectivity index (χ1) is 25.1. The fourth-order valence-corrected chi connectivity index (χ4v) is 7.20. The van der Waals surface area contributed by atoms with E-state index in [-0.39, 0.29) is 5.75 Å². The van der Waals surface area contributed by atoms with Gasteiger partial charge in [0.25, 0.3) is 0 Å². The summed E-state index contributed by atoms with van der Waals surface area (Å²) in [7, 11) is 0. The summed E-state index contributed by atoms with van der Waals surface area (Å²) < 4.78 is 4.08. The Morgan fingerprint density at radius 2 is 0.843 bits per heavy atom. The van der Waals surface area contributed by atoms with Crippen LogP contribution in [0.5, 0.6) is 5.75 Å². The maximum Gasteiger partial charge on any atom is 0.137 e. The van der Waals surface area contributed by atoms with Crippen molar-refractivity contribution in [2.45, 2.75) is 0 Å². The summed E-state index contributed by atoms with van der Waals surface area (Å²) in [6.45, 7) is 0. The highest BCUT2D eigenvalue weighted by molar-refractivity contribution is 6.03. The lowest BCUT2D eigenvalue weighted by Gasteiger charge is -2.13. The lowest BCUT2D eigenvalue weighted by molar-refractivity contribution is 0.478. The first kappa shape index (κ1) is 29.0. The van der Waals surface area contributed by atoms with Crippen LogP contribution >= 0.6 is 0 Å². The number of benzene rings is 6. The van der Waals surface area contributed by atoms with Crippen LogP contribution in [-0.4, -0.2) is 23.9 Å². The largest absolute Gasteiger partial charge is 0.507 e. The number of hydrogen-bond donors (Lipinski definition) is 1. The molecule has 0 radical (unpaired) electrons. The summed E-state index contributed by atoms with van der Waals surface area (Å²) in [6, 6.07) is 52.5. The molecular weight excluding hydrogens is 625 g/mol. The quantitative estimate of drug-likeness (QED) is 0.201. The maximum atomic E-state index is 11.1. The van der Waals surface area contributed by atoms with Crippen molar-refractivity contribution in [3.8, 4) is 61.6 Å². The lowest BCUT2D eigenvalue weighted by atomic mass is 9.92. The van der Waals surface area contributed by atoms with Crippen molar-refractivity contribution in [3.05, 3.63) is 176 Å². The highest BCUT2D eigenvalue weighted by Gasteiger charge is 2.13. The lowest BCUT2D eigenvalue weighted by Crippen LogP contribution is -1.86. The average Bonchev–Trinajstić information content (AvgIpc) is 3.83. The molecule has 0 spiro atoms. The van der Waals surface area contributed by atoms with Crippen LogP contribution in [0.4, 0.5) is 0 Å². The maximum absolute atomic E-state index is 11.1. The number of aromatic nitrogens is 4. The molecule has 4 aromatic heterocycles. The SMILES string of the molecule is Oc1ccc2cc(-c3ccc(-c4cn5ccccc5n4)cc3)ccc2c1-c1ccc2cc(-c3ccc(-c4cn5ccccc5n4)cc3)ccc2c1. The minimum Gasteiger partial charge on any atom is -0.507 e. The van der Waals surface area contributed by atoms with Crippen molar-refractivity contribution in [3.63, 3.8) is 0 Å². The van der Waals surface area contributed by atoms with Crippen LogP contribution in [0.25, 0.3) is 88.7 Å². The van der Waals surface area contributed by atoms with Gasteiger partial charge in [-0.3, -0.25) is 0 Å². The Balaban J connectivity index is 0.934. The molecule has 0 saturated carbocycles. The van der Waals surface area contributed by atoms with Crippen LogP contribution in [0, 0.1) is 0 Å². The summed E-state index contributed by atoms with van der Waals surface area (Å²) in [5, 5.41) is 15.5. The summed E-state index contributed by atoms with van der Waals surface area (Å²) in [6.07, 6.45) is 8.16. The van der Waals surface area contributed by atoms with E-state index in [9.17, 15) is 5.11 Å². The Morgan fingerprint density at radius 3 is 1.41 bits per heavy atom. The third-order valence-corrected chi connectivity index (χ3v) is 9.88. The van der Waals surface area contributed by atoms with Gasteiger partial charge in [0, 0.05) is 41.5 Å². The highest BCUT2D eigenvalue weighted by atomic mass is 16.3. The number of nitrogens with zero attached hydrogens (tertiary/aromatic N) is 4. The van der Waals surface area contributed by atoms with Crippen molar-refractivity contribution in [2.75, 3.05) is 0 Å². The zero-order valence-electron chi connectivity index (χ0n) is 27.5. The number of pyridine rings is 2. The van der Waals surface area contributed by atoms with Gasteiger partial charge in [0.2, 0.25) is 0 Å². The zero-order valence-corrected chi connectivity index (χ0v) is 27.5. The summed E-state index contributed by atoms with van der Waals surface area (Å²) in [5.41, 5.74) is 12.3. The van der Waals surface area contributed by atoms with E-state index in [4.69, 9.17) is 9.97 Å². The van der Waals surface area contributed by atoms with Crippen LogP contribution in [-0.2, 0) is 0 Å². The first-order valence-electron chi connectivity index (χ1n) is 17.0. The molecule has 0 atom stereocenters. The Kier molecular flexibility index (Phi) is 6.58. The van der Waals surface area contributed by atoms with Gasteiger partial charge in [-0.25, -0.2) is 9.97 Å². The van der Waals surface area contributed by atoms with E-state index < -0.39 is 0 Å². The fraction of sp³-hybridized carbons (Fsp3) is 0. The number of imidazole rings is 2. The number of fused-ring (bicyclic) bond motifs is 4. The molecule has 6 aromatic carbocycles. The summed E-state index contributed by atoms with van der Waals surface area (Å²) in [5.74, 6) is 0.272. The van der Waals surface area contributed by atoms with Crippen molar-refractivity contribution in [2.24, 2.45) is 0 Å². The highest BCUT2D eigenvalue weighted by Crippen LogP contribution is 2.40. The molecule has 0 aliphatic carbocycles. The third-order valence-electron chi connectivity index (χ3n) is 9.88. The monoisotopic (exact) mass is 654 g/mol. The number of phenolic OH excluding ortho intramolecular Hbond substituents is 1. The number of hydrogen-bond acceptors (Lipinski definition) is 3. The molecular formula is C46H30N4O. The minimum absolute atomic E-state index is 0.272. The van der Waals surface area contributed by atoms with Gasteiger partial charge in [-0.2, -0.15) is 0 Å². The van der Waals surface area contributed by atoms with Gasteiger partial charge in [0.15, 0.2) is 0 Å². The molecule has 0 aliphatic rings. The molecule has 4 heterocycles. The number of rotatable bonds is 5. The van der Waals surface area contributed by atoms with Gasteiger partial charge in [-0.1, -0.05) is 103 Å². The van der Waals surface area contributed by atoms with Gasteiger partial charge in [-0.05, 0) is 97.9 Å². The molecule has 0 aliphatic heterocycles. The van der Waals surface area contributed by atoms with E-state index in [1.165, 1.54) is 0 Å². The van der Waals surface area contributed by atoms with Crippen LogP contribution in [0.3, 0.4) is 0 Å². The second kappa shape index (κ2) is 11.6. The molecule has 0 unspecified atom stereocenters. The Hall–Kier alpha value is -6.98. The first-order valence-corrected chi connectivity index (χ1v) is 17.0. The van der Waals surface area contributed by atoms with E-state index in [0.29, 0.717) is 0 Å². The topological polar surface area (TPSA) is 54.8 Å². The Labute approximate surface area is 294 Å². The molecule has 5 nitrogen and oxygen atoms in total. The molecule has 0 bridgehead atoms. The predicted molar refractivity (Wildman–Crippen MR) is 208 cm³/mol. The molecule has 10 rings (SSSR count). The van der Waals surface area contributed by atoms with Crippen molar-refractivity contribution >= 4 is 32.8 Å². The molecule has 0 amide bonds. The van der Waals surface area contributed by atoms with Crippen molar-refractivity contribution < 1.29 is 5.11 Å². The van der Waals surface area contributed by atoms with E-state index in [1.54, 1.807) is 6.07 Å². The van der Waals surface area contributed by atoms with E-state index in [1.807, 2.05) is 63.7 Å². The van der Waals surface area contributed by atoms with Gasteiger partial charge in [0.1, 0.15) is 17.0 Å². The molecule has 1 N–H and O–H groups in total. The molecule has 51 heavy (non-hydrogen) atoms. The second-order valence-corrected chi connectivity index (χ2v) is 13.0. The van der Waals surface area contributed by atoms with Gasteiger partial charge < -0.3 is 13.9 Å². The summed E-state index contributed by atoms with van der Waals surface area (Å²) in [4.78, 5) is 9.53. The molecule has 10 aromatic rings. The van der Waals surface area contributed by atoms with Crippen LogP contribution in [0.1, 0.15) is 0 Å². The predicted octanol–water partition coefficient (Wildman–Crippen LogP) is 11.3. The second-order valence-electron chi connectivity index (χ2n) is 13.0. The number of phenols is 1. The van der Waals surface area contributed by atoms with Crippen LogP contribution in [0.2, 0.25) is 0 Å². The molecule has 0 saturated heterocycles. The smallest absolute Gasteiger partial charge is 0.137 e. The summed E-state index contributed by atoms with van der Waals surface area (Å²) >= 11 is 0. The van der Waals surface area contributed by atoms with Crippen LogP contribution in [0.15, 0.2) is 176 Å².